The van der Waals surface area contributed by atoms with Crippen molar-refractivity contribution in [3.8, 4) is 0 Å². The lowest BCUT2D eigenvalue weighted by Gasteiger charge is -2.13. The summed E-state index contributed by atoms with van der Waals surface area (Å²) in [5, 5.41) is 0. The molecule has 0 aliphatic heterocycles. The van der Waals surface area contributed by atoms with Gasteiger partial charge in [0.05, 0.1) is 0 Å². The van der Waals surface area contributed by atoms with E-state index < -0.39 is 0 Å². The van der Waals surface area contributed by atoms with Gasteiger partial charge in [-0.2, -0.15) is 0 Å². The van der Waals surface area contributed by atoms with Crippen molar-refractivity contribution in [2.75, 3.05) is 11.8 Å². The zero-order valence-electron chi connectivity index (χ0n) is 6.99. The summed E-state index contributed by atoms with van der Waals surface area (Å²) in [6.07, 6.45) is 0. The molecule has 4 heteroatoms. The molecule has 67 valence electrons. The standard InChI is InChI=1S/C5H9O2.C2H4Cl2/c1-5(2,3)7-4-6;3-1-2-4/h1-3H3;1-2H2. The van der Waals surface area contributed by atoms with Crippen LogP contribution in [-0.2, 0) is 9.53 Å². The first-order valence-corrected chi connectivity index (χ1v) is 4.22. The third kappa shape index (κ3) is 25.5. The van der Waals surface area contributed by atoms with Gasteiger partial charge in [-0.05, 0) is 20.8 Å². The quantitative estimate of drug-likeness (QED) is 0.639. The van der Waals surface area contributed by atoms with E-state index in [0.29, 0.717) is 11.8 Å². The van der Waals surface area contributed by atoms with E-state index in [-0.39, 0.29) is 5.60 Å². The second-order valence-corrected chi connectivity index (χ2v) is 3.43. The van der Waals surface area contributed by atoms with Crippen LogP contribution in [0.1, 0.15) is 20.8 Å². The minimum absolute atomic E-state index is 0.373. The summed E-state index contributed by atoms with van der Waals surface area (Å²) >= 11 is 10.1. The molecule has 0 unspecified atom stereocenters. The predicted octanol–water partition coefficient (Wildman–Crippen LogP) is 2.33. The Labute approximate surface area is 77.8 Å². The molecule has 0 spiro atoms. The normalized spacial score (nSPS) is 9.55. The molecule has 0 aliphatic rings. The highest BCUT2D eigenvalue weighted by Crippen LogP contribution is 2.02. The first-order chi connectivity index (χ1) is 4.97. The van der Waals surface area contributed by atoms with E-state index in [1.807, 2.05) is 0 Å². The Bertz CT molecular complexity index is 86.9. The fraction of sp³-hybridized carbons (Fsp3) is 0.857. The van der Waals surface area contributed by atoms with Gasteiger partial charge in [0.25, 0.3) is 0 Å². The summed E-state index contributed by atoms with van der Waals surface area (Å²) in [6.45, 7) is 6.73. The zero-order valence-corrected chi connectivity index (χ0v) is 8.50. The van der Waals surface area contributed by atoms with E-state index in [1.54, 1.807) is 20.8 Å². The Hall–Kier alpha value is 0.0500. The number of hydrogen-bond donors (Lipinski definition) is 0. The summed E-state index contributed by atoms with van der Waals surface area (Å²) in [6, 6.07) is 0. The van der Waals surface area contributed by atoms with Gasteiger partial charge in [-0.3, -0.25) is 0 Å². The topological polar surface area (TPSA) is 26.3 Å². The van der Waals surface area contributed by atoms with Crippen LogP contribution in [0, 0.1) is 0 Å². The summed E-state index contributed by atoms with van der Waals surface area (Å²) in [5.41, 5.74) is -0.373. The number of halogens is 2. The monoisotopic (exact) mass is 199 g/mol. The highest BCUT2D eigenvalue weighted by Gasteiger charge is 2.08. The maximum Gasteiger partial charge on any atom is 0.418 e. The average molecular weight is 200 g/mol. The summed E-state index contributed by atoms with van der Waals surface area (Å²) in [7, 11) is 0. The van der Waals surface area contributed by atoms with Crippen LogP contribution < -0.4 is 0 Å². The Kier molecular flexibility index (Phi) is 10.1. The van der Waals surface area contributed by atoms with Crippen LogP contribution in [0.15, 0.2) is 0 Å². The molecule has 1 radical (unpaired) electrons. The third-order valence-electron chi connectivity index (χ3n) is 0.419. The van der Waals surface area contributed by atoms with E-state index in [0.717, 1.165) is 0 Å². The Balaban J connectivity index is 0. The first kappa shape index (κ1) is 13.6. The SMILES string of the molecule is CC(C)(C)O[C]=O.ClCCCl. The highest BCUT2D eigenvalue weighted by atomic mass is 35.5. The van der Waals surface area contributed by atoms with E-state index >= 15 is 0 Å². The van der Waals surface area contributed by atoms with Crippen molar-refractivity contribution >= 4 is 29.7 Å². The van der Waals surface area contributed by atoms with Crippen molar-refractivity contribution in [2.24, 2.45) is 0 Å². The molecule has 0 atom stereocenters. The molecule has 0 aromatic carbocycles. The van der Waals surface area contributed by atoms with Crippen molar-refractivity contribution in [2.45, 2.75) is 26.4 Å². The van der Waals surface area contributed by atoms with E-state index in [4.69, 9.17) is 23.2 Å². The molecule has 0 bridgehead atoms. The van der Waals surface area contributed by atoms with Crippen LogP contribution in [0.5, 0.6) is 0 Å². The zero-order chi connectivity index (χ0) is 9.33. The van der Waals surface area contributed by atoms with Crippen LogP contribution in [0.25, 0.3) is 0 Å². The Morgan fingerprint density at radius 2 is 1.64 bits per heavy atom. The van der Waals surface area contributed by atoms with E-state index in [2.05, 4.69) is 4.74 Å². The van der Waals surface area contributed by atoms with Gasteiger partial charge >= 0.3 is 6.47 Å². The van der Waals surface area contributed by atoms with Crippen LogP contribution in [-0.4, -0.2) is 23.8 Å². The summed E-state index contributed by atoms with van der Waals surface area (Å²) in [5.74, 6) is 1.11. The van der Waals surface area contributed by atoms with Crippen molar-refractivity contribution < 1.29 is 9.53 Å². The molecule has 0 N–H and O–H groups in total. The molecule has 0 heterocycles. The smallest absolute Gasteiger partial charge is 0.418 e. The number of ether oxygens (including phenoxy) is 1. The minimum atomic E-state index is -0.373. The van der Waals surface area contributed by atoms with Gasteiger partial charge in [-0.1, -0.05) is 0 Å². The second kappa shape index (κ2) is 8.15. The fourth-order valence-electron chi connectivity index (χ4n) is 0.125. The Morgan fingerprint density at radius 1 is 1.27 bits per heavy atom. The predicted molar refractivity (Wildman–Crippen MR) is 48.0 cm³/mol. The average Bonchev–Trinajstić information content (AvgIpc) is 1.86. The van der Waals surface area contributed by atoms with Crippen molar-refractivity contribution in [1.82, 2.24) is 0 Å². The second-order valence-electron chi connectivity index (χ2n) is 2.68. The molecular weight excluding hydrogens is 187 g/mol. The van der Waals surface area contributed by atoms with Crippen molar-refractivity contribution in [1.29, 1.82) is 0 Å². The molecule has 2 nitrogen and oxygen atoms in total. The number of alkyl halides is 2. The van der Waals surface area contributed by atoms with Crippen LogP contribution in [0.4, 0.5) is 0 Å². The number of rotatable bonds is 2. The fourth-order valence-corrected chi connectivity index (χ4v) is 0.125. The van der Waals surface area contributed by atoms with Crippen LogP contribution >= 0.6 is 23.2 Å². The lowest BCUT2D eigenvalue weighted by Crippen LogP contribution is -2.17. The molecule has 0 aromatic heterocycles. The molecule has 0 saturated carbocycles. The Morgan fingerprint density at radius 3 is 1.64 bits per heavy atom. The van der Waals surface area contributed by atoms with Gasteiger partial charge in [0.2, 0.25) is 0 Å². The van der Waals surface area contributed by atoms with Crippen LogP contribution in [0.2, 0.25) is 0 Å². The molecule has 11 heavy (non-hydrogen) atoms. The molecule has 0 fully saturated rings. The summed E-state index contributed by atoms with van der Waals surface area (Å²) in [4.78, 5) is 9.47. The number of hydrogen-bond acceptors (Lipinski definition) is 2. The maximum atomic E-state index is 9.47. The molecule has 0 aromatic rings. The van der Waals surface area contributed by atoms with Gasteiger partial charge in [0, 0.05) is 11.8 Å². The van der Waals surface area contributed by atoms with Gasteiger partial charge in [0.15, 0.2) is 0 Å². The summed E-state index contributed by atoms with van der Waals surface area (Å²) < 4.78 is 4.42. The van der Waals surface area contributed by atoms with Crippen molar-refractivity contribution in [3.63, 3.8) is 0 Å². The van der Waals surface area contributed by atoms with Crippen molar-refractivity contribution in [3.05, 3.63) is 0 Å². The first-order valence-electron chi connectivity index (χ1n) is 3.15. The van der Waals surface area contributed by atoms with Gasteiger partial charge in [-0.15, -0.1) is 23.2 Å². The minimum Gasteiger partial charge on any atom is -0.452 e. The van der Waals surface area contributed by atoms with Gasteiger partial charge in [0.1, 0.15) is 5.60 Å². The van der Waals surface area contributed by atoms with Gasteiger partial charge in [-0.25, -0.2) is 4.79 Å². The molecular formula is C7H13Cl2O2. The molecule has 0 saturated heterocycles. The molecule has 0 aliphatic carbocycles. The van der Waals surface area contributed by atoms with E-state index in [1.165, 1.54) is 6.47 Å². The van der Waals surface area contributed by atoms with Gasteiger partial charge < -0.3 is 4.74 Å². The maximum absolute atomic E-state index is 9.47. The molecule has 0 amide bonds. The van der Waals surface area contributed by atoms with E-state index in [9.17, 15) is 4.79 Å². The molecule has 0 rings (SSSR count). The third-order valence-corrected chi connectivity index (χ3v) is 0.991. The highest BCUT2D eigenvalue weighted by molar-refractivity contribution is 6.25. The lowest BCUT2D eigenvalue weighted by molar-refractivity contribution is 0.109. The largest absolute Gasteiger partial charge is 0.452 e. The number of carbonyl (C=O) groups excluding carboxylic acids is 1. The van der Waals surface area contributed by atoms with Crippen LogP contribution in [0.3, 0.4) is 0 Å². The lowest BCUT2D eigenvalue weighted by atomic mass is 10.2.